The number of aryl methyl sites for hydroxylation is 1. The van der Waals surface area contributed by atoms with E-state index in [9.17, 15) is 18.0 Å². The van der Waals surface area contributed by atoms with Crippen LogP contribution in [-0.4, -0.2) is 20.2 Å². The number of nitrogens with one attached hydrogen (secondary N) is 1. The number of rotatable bonds is 4. The number of hydrogen-bond donors (Lipinski definition) is 1. The Morgan fingerprint density at radius 2 is 1.69 bits per heavy atom. The lowest BCUT2D eigenvalue weighted by atomic mass is 10.0. The Kier molecular flexibility index (Phi) is 4.54. The van der Waals surface area contributed by atoms with Crippen LogP contribution in [0.2, 0.25) is 5.02 Å². The van der Waals surface area contributed by atoms with E-state index in [1.54, 1.807) is 19.1 Å². The molecule has 0 fully saturated rings. The van der Waals surface area contributed by atoms with Crippen molar-refractivity contribution in [3.63, 3.8) is 0 Å². The summed E-state index contributed by atoms with van der Waals surface area (Å²) < 4.78 is 30.7. The van der Waals surface area contributed by atoms with Crippen LogP contribution in [0.4, 0.5) is 0 Å². The monoisotopic (exact) mass is 393 g/mol. The largest absolute Gasteiger partial charge is 0.379 e. The van der Waals surface area contributed by atoms with Crippen molar-refractivity contribution in [2.24, 2.45) is 0 Å². The van der Waals surface area contributed by atoms with Crippen molar-refractivity contribution in [1.29, 1.82) is 0 Å². The molecule has 0 unspecified atom stereocenters. The summed E-state index contributed by atoms with van der Waals surface area (Å²) in [6.45, 7) is 5.54. The fraction of sp³-hybridized carbons (Fsp3) is 0.222. The molecule has 1 aliphatic heterocycles. The molecule has 3 rings (SSSR count). The van der Waals surface area contributed by atoms with Gasteiger partial charge in [0.2, 0.25) is 0 Å². The third kappa shape index (κ3) is 3.20. The topological polar surface area (TPSA) is 89.5 Å². The molecule has 26 heavy (non-hydrogen) atoms. The van der Waals surface area contributed by atoms with Crippen LogP contribution >= 0.6 is 11.6 Å². The first-order valence-electron chi connectivity index (χ1n) is 7.84. The highest BCUT2D eigenvalue weighted by molar-refractivity contribution is 7.87. The molecular weight excluding hydrogens is 378 g/mol. The van der Waals surface area contributed by atoms with Crippen LogP contribution in [0.5, 0.6) is 5.75 Å². The second-order valence-electron chi connectivity index (χ2n) is 6.32. The van der Waals surface area contributed by atoms with E-state index in [0.29, 0.717) is 16.1 Å². The van der Waals surface area contributed by atoms with E-state index in [-0.39, 0.29) is 27.7 Å². The van der Waals surface area contributed by atoms with Crippen LogP contribution in [0.3, 0.4) is 0 Å². The maximum absolute atomic E-state index is 12.7. The Morgan fingerprint density at radius 1 is 1.04 bits per heavy atom. The van der Waals surface area contributed by atoms with Crippen molar-refractivity contribution in [3.05, 3.63) is 57.6 Å². The Hall–Kier alpha value is -2.38. The predicted octanol–water partition coefficient (Wildman–Crippen LogP) is 3.42. The van der Waals surface area contributed by atoms with Gasteiger partial charge in [0, 0.05) is 5.02 Å². The van der Waals surface area contributed by atoms with E-state index in [1.807, 2.05) is 13.8 Å². The average molecular weight is 394 g/mol. The van der Waals surface area contributed by atoms with E-state index in [1.165, 1.54) is 12.1 Å². The minimum absolute atomic E-state index is 0.0102. The van der Waals surface area contributed by atoms with Crippen LogP contribution < -0.4 is 9.50 Å². The van der Waals surface area contributed by atoms with Gasteiger partial charge in [-0.05, 0) is 54.3 Å². The van der Waals surface area contributed by atoms with Gasteiger partial charge in [-0.1, -0.05) is 25.4 Å². The van der Waals surface area contributed by atoms with E-state index in [0.717, 1.165) is 6.07 Å². The molecule has 0 saturated heterocycles. The predicted molar refractivity (Wildman–Crippen MR) is 96.3 cm³/mol. The summed E-state index contributed by atoms with van der Waals surface area (Å²) >= 11 is 6.13. The van der Waals surface area contributed by atoms with Gasteiger partial charge in [0.05, 0.1) is 11.1 Å². The Labute approximate surface area is 156 Å². The second-order valence-corrected chi connectivity index (χ2v) is 8.28. The summed E-state index contributed by atoms with van der Waals surface area (Å²) in [6, 6.07) is 6.93. The minimum atomic E-state index is -4.20. The number of imide groups is 1. The molecule has 136 valence electrons. The highest BCUT2D eigenvalue weighted by Gasteiger charge is 2.30. The maximum atomic E-state index is 12.7. The SMILES string of the molecule is Cc1cc(OS(=O)(=O)c2ccc3c(c2)C(=O)NC3=O)c(C(C)C)cc1Cl. The van der Waals surface area contributed by atoms with E-state index >= 15 is 0 Å². The molecule has 0 saturated carbocycles. The molecule has 2 amide bonds. The first kappa shape index (κ1) is 18.4. The summed E-state index contributed by atoms with van der Waals surface area (Å²) in [6.07, 6.45) is 0. The van der Waals surface area contributed by atoms with Crippen molar-refractivity contribution >= 4 is 33.5 Å². The standard InChI is InChI=1S/C18H16ClNO5S/c1-9(2)13-8-15(19)10(3)6-16(13)25-26(23,24)11-4-5-12-14(7-11)18(22)20-17(12)21/h4-9H,1-3H3,(H,20,21,22). The maximum Gasteiger partial charge on any atom is 0.339 e. The zero-order chi connectivity index (χ0) is 19.2. The Bertz CT molecular complexity index is 1040. The highest BCUT2D eigenvalue weighted by atomic mass is 35.5. The van der Waals surface area contributed by atoms with Crippen molar-refractivity contribution in [1.82, 2.24) is 5.32 Å². The van der Waals surface area contributed by atoms with Gasteiger partial charge in [0.1, 0.15) is 10.6 Å². The van der Waals surface area contributed by atoms with Gasteiger partial charge in [0.25, 0.3) is 11.8 Å². The first-order chi connectivity index (χ1) is 12.1. The molecule has 0 atom stereocenters. The minimum Gasteiger partial charge on any atom is -0.379 e. The summed E-state index contributed by atoms with van der Waals surface area (Å²) in [7, 11) is -4.20. The molecule has 0 bridgehead atoms. The van der Waals surface area contributed by atoms with Crippen molar-refractivity contribution in [3.8, 4) is 5.75 Å². The Balaban J connectivity index is 2.04. The molecule has 8 heteroatoms. The summed E-state index contributed by atoms with van der Waals surface area (Å²) in [5.74, 6) is -1.01. The average Bonchev–Trinajstić information content (AvgIpc) is 2.84. The Morgan fingerprint density at radius 3 is 2.35 bits per heavy atom. The zero-order valence-electron chi connectivity index (χ0n) is 14.3. The molecule has 1 aliphatic rings. The number of amides is 2. The lowest BCUT2D eigenvalue weighted by molar-refractivity contribution is 0.0879. The quantitative estimate of drug-likeness (QED) is 0.635. The van der Waals surface area contributed by atoms with Crippen molar-refractivity contribution < 1.29 is 22.2 Å². The molecule has 0 radical (unpaired) electrons. The fourth-order valence-corrected chi connectivity index (χ4v) is 3.81. The number of hydrogen-bond acceptors (Lipinski definition) is 5. The van der Waals surface area contributed by atoms with E-state index < -0.39 is 21.9 Å². The summed E-state index contributed by atoms with van der Waals surface area (Å²) in [5, 5.41) is 2.64. The van der Waals surface area contributed by atoms with Crippen LogP contribution in [-0.2, 0) is 10.1 Å². The van der Waals surface area contributed by atoms with Crippen LogP contribution in [0.1, 0.15) is 51.6 Å². The molecule has 2 aromatic rings. The van der Waals surface area contributed by atoms with E-state index in [2.05, 4.69) is 5.32 Å². The second kappa shape index (κ2) is 6.41. The molecule has 0 aliphatic carbocycles. The number of benzene rings is 2. The normalized spacial score (nSPS) is 13.7. The zero-order valence-corrected chi connectivity index (χ0v) is 15.9. The number of halogens is 1. The molecule has 1 heterocycles. The van der Waals surface area contributed by atoms with Gasteiger partial charge >= 0.3 is 10.1 Å². The number of fused-ring (bicyclic) bond motifs is 1. The first-order valence-corrected chi connectivity index (χ1v) is 9.63. The van der Waals surface area contributed by atoms with Crippen LogP contribution in [0.25, 0.3) is 0 Å². The van der Waals surface area contributed by atoms with Crippen molar-refractivity contribution in [2.75, 3.05) is 0 Å². The lowest BCUT2D eigenvalue weighted by Gasteiger charge is -2.16. The number of carbonyl (C=O) groups excluding carboxylic acids is 2. The number of carbonyl (C=O) groups is 2. The molecule has 0 aromatic heterocycles. The molecule has 6 nitrogen and oxygen atoms in total. The van der Waals surface area contributed by atoms with Gasteiger partial charge in [-0.2, -0.15) is 8.42 Å². The summed E-state index contributed by atoms with van der Waals surface area (Å²) in [5.41, 5.74) is 1.48. The van der Waals surface area contributed by atoms with Crippen molar-refractivity contribution in [2.45, 2.75) is 31.6 Å². The van der Waals surface area contributed by atoms with Crippen LogP contribution in [0.15, 0.2) is 35.2 Å². The van der Waals surface area contributed by atoms with Gasteiger partial charge in [-0.3, -0.25) is 14.9 Å². The molecule has 2 aromatic carbocycles. The lowest BCUT2D eigenvalue weighted by Crippen LogP contribution is -2.19. The fourth-order valence-electron chi connectivity index (χ4n) is 2.66. The molecule has 1 N–H and O–H groups in total. The third-order valence-electron chi connectivity index (χ3n) is 4.11. The molecular formula is C18H16ClNO5S. The van der Waals surface area contributed by atoms with Gasteiger partial charge in [-0.15, -0.1) is 0 Å². The third-order valence-corrected chi connectivity index (χ3v) is 5.75. The molecule has 0 spiro atoms. The highest BCUT2D eigenvalue weighted by Crippen LogP contribution is 2.34. The van der Waals surface area contributed by atoms with E-state index in [4.69, 9.17) is 15.8 Å². The smallest absolute Gasteiger partial charge is 0.339 e. The van der Waals surface area contributed by atoms with Gasteiger partial charge in [-0.25, -0.2) is 0 Å². The van der Waals surface area contributed by atoms with Gasteiger partial charge in [0.15, 0.2) is 0 Å². The van der Waals surface area contributed by atoms with Crippen LogP contribution in [0, 0.1) is 6.92 Å². The summed E-state index contributed by atoms with van der Waals surface area (Å²) in [4.78, 5) is 23.1. The van der Waals surface area contributed by atoms with Gasteiger partial charge < -0.3 is 4.18 Å².